The summed E-state index contributed by atoms with van der Waals surface area (Å²) in [4.78, 5) is 17.3. The number of nitrogens with zero attached hydrogens (tertiary/aromatic N) is 2. The van der Waals surface area contributed by atoms with Crippen molar-refractivity contribution in [2.45, 2.75) is 6.42 Å². The molecule has 1 aromatic carbocycles. The zero-order chi connectivity index (χ0) is 17.1. The molecule has 0 radical (unpaired) electrons. The van der Waals surface area contributed by atoms with E-state index in [2.05, 4.69) is 26.2 Å². The SMILES string of the molecule is Cn1c(CCNC(=O)/C=C/c2ccc(Br)s2)nc2cc(F)ccc21. The van der Waals surface area contributed by atoms with E-state index in [1.807, 2.05) is 23.7 Å². The van der Waals surface area contributed by atoms with Crippen molar-refractivity contribution in [2.75, 3.05) is 6.54 Å². The van der Waals surface area contributed by atoms with Gasteiger partial charge < -0.3 is 9.88 Å². The van der Waals surface area contributed by atoms with Gasteiger partial charge in [-0.15, -0.1) is 11.3 Å². The number of hydrogen-bond donors (Lipinski definition) is 1. The molecular weight excluding hydrogens is 393 g/mol. The molecule has 124 valence electrons. The van der Waals surface area contributed by atoms with Crippen LogP contribution in [0, 0.1) is 5.82 Å². The third-order valence-electron chi connectivity index (χ3n) is 3.58. The van der Waals surface area contributed by atoms with Crippen LogP contribution in [-0.2, 0) is 18.3 Å². The molecule has 2 aromatic heterocycles. The highest BCUT2D eigenvalue weighted by Gasteiger charge is 2.08. The molecule has 2 heterocycles. The van der Waals surface area contributed by atoms with E-state index < -0.39 is 0 Å². The molecule has 3 rings (SSSR count). The van der Waals surface area contributed by atoms with E-state index in [-0.39, 0.29) is 11.7 Å². The van der Waals surface area contributed by atoms with E-state index >= 15 is 0 Å². The number of aromatic nitrogens is 2. The first-order chi connectivity index (χ1) is 11.5. The third-order valence-corrected chi connectivity index (χ3v) is 5.17. The van der Waals surface area contributed by atoms with E-state index in [1.165, 1.54) is 18.2 Å². The van der Waals surface area contributed by atoms with E-state index in [9.17, 15) is 9.18 Å². The van der Waals surface area contributed by atoms with Crippen LogP contribution in [0.3, 0.4) is 0 Å². The molecule has 24 heavy (non-hydrogen) atoms. The summed E-state index contributed by atoms with van der Waals surface area (Å²) in [6.45, 7) is 0.469. The first kappa shape index (κ1) is 16.9. The molecule has 3 aromatic rings. The molecule has 0 spiro atoms. The number of halogens is 2. The van der Waals surface area contributed by atoms with Gasteiger partial charge in [0.15, 0.2) is 0 Å². The Bertz CT molecular complexity index is 916. The smallest absolute Gasteiger partial charge is 0.244 e. The first-order valence-electron chi connectivity index (χ1n) is 7.35. The molecule has 0 aliphatic heterocycles. The number of carbonyl (C=O) groups is 1. The molecule has 0 fully saturated rings. The Kier molecular flexibility index (Phi) is 5.11. The highest BCUT2D eigenvalue weighted by Crippen LogP contribution is 2.22. The zero-order valence-electron chi connectivity index (χ0n) is 12.9. The largest absolute Gasteiger partial charge is 0.352 e. The fourth-order valence-corrected chi connectivity index (χ4v) is 3.70. The number of hydrogen-bond acceptors (Lipinski definition) is 3. The van der Waals surface area contributed by atoms with Gasteiger partial charge in [0, 0.05) is 37.0 Å². The third kappa shape index (κ3) is 3.91. The van der Waals surface area contributed by atoms with Gasteiger partial charge in [-0.05, 0) is 46.3 Å². The second-order valence-corrected chi connectivity index (χ2v) is 7.73. The number of nitrogens with one attached hydrogen (secondary N) is 1. The molecule has 1 N–H and O–H groups in total. The van der Waals surface area contributed by atoms with Crippen molar-refractivity contribution in [1.29, 1.82) is 0 Å². The van der Waals surface area contributed by atoms with Gasteiger partial charge >= 0.3 is 0 Å². The van der Waals surface area contributed by atoms with Crippen LogP contribution in [0.5, 0.6) is 0 Å². The molecule has 0 unspecified atom stereocenters. The molecule has 0 atom stereocenters. The van der Waals surface area contributed by atoms with Crippen LogP contribution < -0.4 is 5.32 Å². The van der Waals surface area contributed by atoms with Crippen LogP contribution in [0.1, 0.15) is 10.7 Å². The molecule has 0 saturated heterocycles. The van der Waals surface area contributed by atoms with Gasteiger partial charge in [0.1, 0.15) is 11.6 Å². The number of rotatable bonds is 5. The lowest BCUT2D eigenvalue weighted by molar-refractivity contribution is -0.116. The molecule has 7 heteroatoms. The van der Waals surface area contributed by atoms with Gasteiger partial charge in [-0.1, -0.05) is 0 Å². The summed E-state index contributed by atoms with van der Waals surface area (Å²) >= 11 is 4.95. The number of fused-ring (bicyclic) bond motifs is 1. The maximum absolute atomic E-state index is 13.2. The lowest BCUT2D eigenvalue weighted by atomic mass is 10.3. The van der Waals surface area contributed by atoms with Crippen LogP contribution in [0.4, 0.5) is 4.39 Å². The normalized spacial score (nSPS) is 11.5. The first-order valence-corrected chi connectivity index (χ1v) is 8.96. The van der Waals surface area contributed by atoms with Gasteiger partial charge in [-0.3, -0.25) is 4.79 Å². The van der Waals surface area contributed by atoms with Crippen molar-refractivity contribution < 1.29 is 9.18 Å². The number of amides is 1. The number of thiophene rings is 1. The van der Waals surface area contributed by atoms with Crippen molar-refractivity contribution in [3.63, 3.8) is 0 Å². The van der Waals surface area contributed by atoms with E-state index in [0.29, 0.717) is 18.5 Å². The molecule has 0 aliphatic carbocycles. The lowest BCUT2D eigenvalue weighted by Gasteiger charge is -2.03. The van der Waals surface area contributed by atoms with E-state index in [4.69, 9.17) is 0 Å². The van der Waals surface area contributed by atoms with Crippen molar-refractivity contribution in [3.8, 4) is 0 Å². The average Bonchev–Trinajstić information content (AvgIpc) is 3.09. The molecule has 4 nitrogen and oxygen atoms in total. The molecule has 1 amide bonds. The van der Waals surface area contributed by atoms with Gasteiger partial charge in [0.25, 0.3) is 0 Å². The van der Waals surface area contributed by atoms with Crippen LogP contribution >= 0.6 is 27.3 Å². The monoisotopic (exact) mass is 407 g/mol. The Hall–Kier alpha value is -1.99. The fourth-order valence-electron chi connectivity index (χ4n) is 2.38. The number of aryl methyl sites for hydroxylation is 1. The van der Waals surface area contributed by atoms with Gasteiger partial charge in [0.2, 0.25) is 5.91 Å². The summed E-state index contributed by atoms with van der Waals surface area (Å²) in [6.07, 6.45) is 3.88. The van der Waals surface area contributed by atoms with Crippen molar-refractivity contribution in [2.24, 2.45) is 7.05 Å². The van der Waals surface area contributed by atoms with E-state index in [0.717, 1.165) is 20.0 Å². The van der Waals surface area contributed by atoms with Gasteiger partial charge in [0.05, 0.1) is 14.8 Å². The van der Waals surface area contributed by atoms with E-state index in [1.54, 1.807) is 23.5 Å². The minimum absolute atomic E-state index is 0.149. The molecule has 0 saturated carbocycles. The molecule has 0 aliphatic rings. The summed E-state index contributed by atoms with van der Waals surface area (Å²) in [5.74, 6) is 0.359. The summed E-state index contributed by atoms with van der Waals surface area (Å²) < 4.78 is 16.2. The maximum atomic E-state index is 13.2. The minimum atomic E-state index is -0.300. The summed E-state index contributed by atoms with van der Waals surface area (Å²) in [5, 5.41) is 2.83. The summed E-state index contributed by atoms with van der Waals surface area (Å²) in [6, 6.07) is 8.43. The maximum Gasteiger partial charge on any atom is 0.244 e. The predicted octanol–water partition coefficient (Wildman–Crippen LogP) is 3.91. The number of benzene rings is 1. The highest BCUT2D eigenvalue weighted by molar-refractivity contribution is 9.11. The Morgan fingerprint density at radius 1 is 1.42 bits per heavy atom. The topological polar surface area (TPSA) is 46.9 Å². The zero-order valence-corrected chi connectivity index (χ0v) is 15.3. The van der Waals surface area contributed by atoms with Crippen LogP contribution in [0.15, 0.2) is 40.2 Å². The standard InChI is InChI=1S/C17H15BrFN3OS/c1-22-14-5-2-11(19)10-13(14)21-16(22)8-9-20-17(23)7-4-12-3-6-15(18)24-12/h2-7,10H,8-9H2,1H3,(H,20,23)/b7-4+. The Balaban J connectivity index is 1.57. The quantitative estimate of drug-likeness (QED) is 0.651. The number of imidazole rings is 1. The van der Waals surface area contributed by atoms with Gasteiger partial charge in [-0.25, -0.2) is 9.37 Å². The van der Waals surface area contributed by atoms with Crippen LogP contribution in [-0.4, -0.2) is 22.0 Å². The van der Waals surface area contributed by atoms with Crippen LogP contribution in [0.25, 0.3) is 17.1 Å². The van der Waals surface area contributed by atoms with Crippen molar-refractivity contribution in [1.82, 2.24) is 14.9 Å². The fraction of sp³-hybridized carbons (Fsp3) is 0.176. The number of carbonyl (C=O) groups excluding carboxylic acids is 1. The minimum Gasteiger partial charge on any atom is -0.352 e. The van der Waals surface area contributed by atoms with Crippen molar-refractivity contribution in [3.05, 3.63) is 56.7 Å². The average molecular weight is 408 g/mol. The highest BCUT2D eigenvalue weighted by atomic mass is 79.9. The molecular formula is C17H15BrFN3OS. The lowest BCUT2D eigenvalue weighted by Crippen LogP contribution is -2.24. The second kappa shape index (κ2) is 7.27. The predicted molar refractivity (Wildman–Crippen MR) is 98.4 cm³/mol. The van der Waals surface area contributed by atoms with Gasteiger partial charge in [-0.2, -0.15) is 0 Å². The molecule has 0 bridgehead atoms. The Morgan fingerprint density at radius 2 is 2.25 bits per heavy atom. The van der Waals surface area contributed by atoms with Crippen LogP contribution in [0.2, 0.25) is 0 Å². The Labute approximate surface area is 151 Å². The van der Waals surface area contributed by atoms with Crippen molar-refractivity contribution >= 4 is 50.3 Å². The summed E-state index contributed by atoms with van der Waals surface area (Å²) in [5.41, 5.74) is 1.50. The summed E-state index contributed by atoms with van der Waals surface area (Å²) in [7, 11) is 1.89. The second-order valence-electron chi connectivity index (χ2n) is 5.24. The Morgan fingerprint density at radius 3 is 3.00 bits per heavy atom.